The number of carbonyl (C=O) groups excluding carboxylic acids is 2. The summed E-state index contributed by atoms with van der Waals surface area (Å²) in [7, 11) is 3.59. The molecular weight excluding hydrogens is 482 g/mol. The molecule has 200 valence electrons. The van der Waals surface area contributed by atoms with Crippen LogP contribution in [0.1, 0.15) is 27.0 Å². The fourth-order valence-corrected chi connectivity index (χ4v) is 5.00. The number of aromatic nitrogens is 2. The Hall–Kier alpha value is -3.89. The molecule has 0 atom stereocenters. The van der Waals surface area contributed by atoms with Gasteiger partial charge in [-0.25, -0.2) is 4.79 Å². The van der Waals surface area contributed by atoms with Crippen molar-refractivity contribution in [2.45, 2.75) is 20.0 Å². The number of aryl methyl sites for hydroxylation is 2. The van der Waals surface area contributed by atoms with Crippen LogP contribution in [0, 0.1) is 6.92 Å². The minimum Gasteiger partial charge on any atom is -0.383 e. The number of fused-ring (bicyclic) bond motifs is 2. The Morgan fingerprint density at radius 2 is 1.89 bits per heavy atom. The van der Waals surface area contributed by atoms with Crippen molar-refractivity contribution in [1.29, 1.82) is 0 Å². The summed E-state index contributed by atoms with van der Waals surface area (Å²) in [4.78, 5) is 32.4. The molecule has 0 aliphatic carbocycles. The van der Waals surface area contributed by atoms with Crippen LogP contribution in [0.25, 0.3) is 0 Å². The molecule has 1 saturated heterocycles. The quantitative estimate of drug-likeness (QED) is 0.522. The van der Waals surface area contributed by atoms with E-state index in [0.717, 1.165) is 53.5 Å². The molecule has 0 saturated carbocycles. The number of nitrogens with one attached hydrogen (secondary N) is 2. The van der Waals surface area contributed by atoms with Crippen molar-refractivity contribution in [2.24, 2.45) is 7.05 Å². The number of rotatable bonds is 6. The van der Waals surface area contributed by atoms with Crippen molar-refractivity contribution in [3.63, 3.8) is 0 Å². The van der Waals surface area contributed by atoms with E-state index in [4.69, 9.17) is 4.74 Å². The molecule has 2 aliphatic rings. The molecule has 3 heterocycles. The summed E-state index contributed by atoms with van der Waals surface area (Å²) in [6.45, 7) is 7.50. The van der Waals surface area contributed by atoms with Gasteiger partial charge in [0, 0.05) is 64.6 Å². The van der Waals surface area contributed by atoms with Gasteiger partial charge < -0.3 is 25.2 Å². The fraction of sp³-hybridized carbons (Fsp3) is 0.393. The van der Waals surface area contributed by atoms with Crippen molar-refractivity contribution < 1.29 is 14.3 Å². The van der Waals surface area contributed by atoms with Crippen molar-refractivity contribution in [1.82, 2.24) is 24.9 Å². The lowest BCUT2D eigenvalue weighted by Crippen LogP contribution is -2.52. The largest absolute Gasteiger partial charge is 0.383 e. The van der Waals surface area contributed by atoms with Gasteiger partial charge in [0.2, 0.25) is 0 Å². The lowest BCUT2D eigenvalue weighted by molar-refractivity contribution is 0.0985. The van der Waals surface area contributed by atoms with Crippen LogP contribution >= 0.6 is 0 Å². The molecule has 0 radical (unpaired) electrons. The zero-order valence-corrected chi connectivity index (χ0v) is 22.2. The van der Waals surface area contributed by atoms with Gasteiger partial charge in [0.25, 0.3) is 5.91 Å². The molecule has 2 N–H and O–H groups in total. The van der Waals surface area contributed by atoms with E-state index in [1.807, 2.05) is 61.3 Å². The van der Waals surface area contributed by atoms with Gasteiger partial charge >= 0.3 is 6.03 Å². The van der Waals surface area contributed by atoms with E-state index in [1.165, 1.54) is 0 Å². The number of hydrogen-bond donors (Lipinski definition) is 2. The number of hydrogen-bond acceptors (Lipinski definition) is 6. The zero-order valence-electron chi connectivity index (χ0n) is 22.2. The molecule has 0 unspecified atom stereocenters. The number of para-hydroxylation sites is 2. The smallest absolute Gasteiger partial charge is 0.317 e. The Balaban J connectivity index is 1.25. The van der Waals surface area contributed by atoms with Crippen LogP contribution < -0.4 is 15.5 Å². The van der Waals surface area contributed by atoms with Gasteiger partial charge in [-0.2, -0.15) is 5.10 Å². The van der Waals surface area contributed by atoms with E-state index in [9.17, 15) is 9.59 Å². The van der Waals surface area contributed by atoms with Crippen molar-refractivity contribution in [3.8, 4) is 0 Å². The lowest BCUT2D eigenvalue weighted by Gasteiger charge is -2.34. The van der Waals surface area contributed by atoms with Gasteiger partial charge in [0.1, 0.15) is 5.82 Å². The Bertz CT molecular complexity index is 1310. The third-order valence-electron chi connectivity index (χ3n) is 7.33. The number of benzene rings is 2. The highest BCUT2D eigenvalue weighted by Crippen LogP contribution is 2.36. The Labute approximate surface area is 223 Å². The standard InChI is InChI=1S/C28H35N7O3/c1-20-16-21(8-9-22(20)17-29-28(37)34-12-10-33(11-13-34)14-15-38-3)27(36)35-19-23-18-30-32(2)26(23)31-24-6-4-5-7-25(24)35/h4-9,16,18,31H,10-15,17,19H2,1-3H3,(H,29,37). The second-order valence-corrected chi connectivity index (χ2v) is 9.80. The predicted octanol–water partition coefficient (Wildman–Crippen LogP) is 3.11. The highest BCUT2D eigenvalue weighted by molar-refractivity contribution is 6.08. The van der Waals surface area contributed by atoms with E-state index >= 15 is 0 Å². The summed E-state index contributed by atoms with van der Waals surface area (Å²) < 4.78 is 6.93. The minimum atomic E-state index is -0.0824. The molecule has 38 heavy (non-hydrogen) atoms. The maximum absolute atomic E-state index is 13.7. The average Bonchev–Trinajstić information content (AvgIpc) is 3.18. The minimum absolute atomic E-state index is 0.0584. The monoisotopic (exact) mass is 517 g/mol. The molecule has 2 aliphatic heterocycles. The van der Waals surface area contributed by atoms with Gasteiger partial charge in [-0.05, 0) is 42.3 Å². The third-order valence-corrected chi connectivity index (χ3v) is 7.33. The number of nitrogens with zero attached hydrogens (tertiary/aromatic N) is 5. The topological polar surface area (TPSA) is 95.0 Å². The number of amides is 3. The second-order valence-electron chi connectivity index (χ2n) is 9.80. The summed E-state index contributed by atoms with van der Waals surface area (Å²) in [5.74, 6) is 0.799. The van der Waals surface area contributed by atoms with Crippen LogP contribution in [0.4, 0.5) is 22.0 Å². The molecule has 5 rings (SSSR count). The van der Waals surface area contributed by atoms with Crippen LogP contribution in [-0.4, -0.2) is 78.0 Å². The fourth-order valence-electron chi connectivity index (χ4n) is 5.00. The molecule has 10 heteroatoms. The van der Waals surface area contributed by atoms with Gasteiger partial charge in [0.15, 0.2) is 0 Å². The van der Waals surface area contributed by atoms with Crippen LogP contribution in [0.3, 0.4) is 0 Å². The molecule has 3 aromatic rings. The first kappa shape index (κ1) is 25.7. The molecule has 1 aromatic heterocycles. The highest BCUT2D eigenvalue weighted by atomic mass is 16.5. The summed E-state index contributed by atoms with van der Waals surface area (Å²) in [6.07, 6.45) is 1.80. The highest BCUT2D eigenvalue weighted by Gasteiger charge is 2.27. The summed E-state index contributed by atoms with van der Waals surface area (Å²) in [5, 5.41) is 10.8. The van der Waals surface area contributed by atoms with Crippen LogP contribution in [0.15, 0.2) is 48.7 Å². The van der Waals surface area contributed by atoms with E-state index in [-0.39, 0.29) is 11.9 Å². The summed E-state index contributed by atoms with van der Waals surface area (Å²) >= 11 is 0. The van der Waals surface area contributed by atoms with Gasteiger partial charge in [-0.1, -0.05) is 18.2 Å². The van der Waals surface area contributed by atoms with Gasteiger partial charge in [-0.3, -0.25) is 14.4 Å². The normalized spacial score (nSPS) is 15.3. The SMILES string of the molecule is COCCN1CCN(C(=O)NCc2ccc(C(=O)N3Cc4cnn(C)c4Nc4ccccc43)cc2C)CC1. The zero-order chi connectivity index (χ0) is 26.6. The molecule has 1 fully saturated rings. The molecule has 0 bridgehead atoms. The second kappa shape index (κ2) is 11.2. The number of anilines is 3. The third kappa shape index (κ3) is 5.36. The molecular formula is C28H35N7O3. The predicted molar refractivity (Wildman–Crippen MR) is 147 cm³/mol. The summed E-state index contributed by atoms with van der Waals surface area (Å²) in [5.41, 5.74) is 5.19. The molecule has 10 nitrogen and oxygen atoms in total. The number of methoxy groups -OCH3 is 1. The van der Waals surface area contributed by atoms with Crippen LogP contribution in [-0.2, 0) is 24.9 Å². The van der Waals surface area contributed by atoms with E-state index in [1.54, 1.807) is 22.9 Å². The van der Waals surface area contributed by atoms with Crippen molar-refractivity contribution in [2.75, 3.05) is 56.7 Å². The maximum atomic E-state index is 13.7. The Kier molecular flexibility index (Phi) is 7.62. The van der Waals surface area contributed by atoms with E-state index < -0.39 is 0 Å². The van der Waals surface area contributed by atoms with Crippen LogP contribution in [0.2, 0.25) is 0 Å². The number of urea groups is 1. The van der Waals surface area contributed by atoms with Crippen molar-refractivity contribution >= 4 is 29.1 Å². The first-order chi connectivity index (χ1) is 18.4. The Morgan fingerprint density at radius 3 is 2.66 bits per heavy atom. The molecule has 3 amide bonds. The van der Waals surface area contributed by atoms with E-state index in [0.29, 0.717) is 38.3 Å². The van der Waals surface area contributed by atoms with Gasteiger partial charge in [-0.15, -0.1) is 0 Å². The lowest BCUT2D eigenvalue weighted by atomic mass is 10.0. The maximum Gasteiger partial charge on any atom is 0.317 e. The number of carbonyl (C=O) groups is 2. The first-order valence-corrected chi connectivity index (χ1v) is 13.0. The van der Waals surface area contributed by atoms with Gasteiger partial charge in [0.05, 0.1) is 30.7 Å². The van der Waals surface area contributed by atoms with Crippen LogP contribution in [0.5, 0.6) is 0 Å². The first-order valence-electron chi connectivity index (χ1n) is 13.0. The molecule has 2 aromatic carbocycles. The molecule has 0 spiro atoms. The number of ether oxygens (including phenoxy) is 1. The van der Waals surface area contributed by atoms with Crippen molar-refractivity contribution in [3.05, 3.63) is 70.9 Å². The summed E-state index contributed by atoms with van der Waals surface area (Å²) in [6, 6.07) is 13.4. The Morgan fingerprint density at radius 1 is 1.11 bits per heavy atom. The number of piperazine rings is 1. The average molecular weight is 518 g/mol. The van der Waals surface area contributed by atoms with E-state index in [2.05, 4.69) is 20.6 Å².